The number of nitrogen functional groups attached to an aromatic ring is 1. The fourth-order valence-electron chi connectivity index (χ4n) is 1.90. The van der Waals surface area contributed by atoms with Gasteiger partial charge in [-0.25, -0.2) is 0 Å². The smallest absolute Gasteiger partial charge is 0.276 e. The molecule has 7 nitrogen and oxygen atoms in total. The molecule has 1 saturated heterocycles. The van der Waals surface area contributed by atoms with Crippen molar-refractivity contribution < 1.29 is 9.26 Å². The van der Waals surface area contributed by atoms with E-state index in [2.05, 4.69) is 20.3 Å². The molecule has 2 aromatic rings. The molecule has 0 radical (unpaired) electrons. The minimum Gasteiger partial charge on any atom is -0.382 e. The third kappa shape index (κ3) is 2.14. The highest BCUT2D eigenvalue weighted by Gasteiger charge is 2.19. The van der Waals surface area contributed by atoms with Crippen LogP contribution in [0.5, 0.6) is 0 Å². The summed E-state index contributed by atoms with van der Waals surface area (Å²) in [7, 11) is 0. The molecule has 0 amide bonds. The lowest BCUT2D eigenvalue weighted by Gasteiger charge is -2.03. The lowest BCUT2D eigenvalue weighted by molar-refractivity contribution is 0.109. The van der Waals surface area contributed by atoms with Gasteiger partial charge in [0.1, 0.15) is 11.5 Å². The van der Waals surface area contributed by atoms with Crippen LogP contribution in [0.1, 0.15) is 18.7 Å². The Morgan fingerprint density at radius 1 is 1.53 bits per heavy atom. The van der Waals surface area contributed by atoms with E-state index in [0.29, 0.717) is 29.6 Å². The Morgan fingerprint density at radius 3 is 3.18 bits per heavy atom. The number of aromatic amines is 1. The van der Waals surface area contributed by atoms with Gasteiger partial charge in [-0.1, -0.05) is 5.16 Å². The van der Waals surface area contributed by atoms with Gasteiger partial charge in [0.15, 0.2) is 5.82 Å². The summed E-state index contributed by atoms with van der Waals surface area (Å²) in [5.41, 5.74) is 6.14. The van der Waals surface area contributed by atoms with Crippen molar-refractivity contribution in [3.8, 4) is 11.6 Å². The number of anilines is 1. The largest absolute Gasteiger partial charge is 0.382 e. The molecular weight excluding hydrogens is 222 g/mol. The Bertz CT molecular complexity index is 500. The summed E-state index contributed by atoms with van der Waals surface area (Å²) >= 11 is 0. The average Bonchev–Trinajstić information content (AvgIpc) is 2.99. The molecule has 90 valence electrons. The number of nitrogens with two attached hydrogens (primary N) is 1. The molecule has 1 atom stereocenters. The van der Waals surface area contributed by atoms with E-state index < -0.39 is 0 Å². The monoisotopic (exact) mass is 235 g/mol. The summed E-state index contributed by atoms with van der Waals surface area (Å²) in [6, 6.07) is 1.66. The third-order valence-electron chi connectivity index (χ3n) is 2.73. The number of H-pyrrole nitrogens is 1. The summed E-state index contributed by atoms with van der Waals surface area (Å²) in [5, 5.41) is 10.4. The minimum atomic E-state index is 0.215. The van der Waals surface area contributed by atoms with Gasteiger partial charge in [0.25, 0.3) is 5.89 Å². The highest BCUT2D eigenvalue weighted by atomic mass is 16.5. The number of ether oxygens (including phenoxy) is 1. The zero-order valence-electron chi connectivity index (χ0n) is 9.22. The molecule has 1 aliphatic rings. The van der Waals surface area contributed by atoms with Crippen molar-refractivity contribution in [1.82, 2.24) is 20.3 Å². The van der Waals surface area contributed by atoms with Crippen molar-refractivity contribution >= 4 is 5.82 Å². The van der Waals surface area contributed by atoms with Gasteiger partial charge in [-0.05, 0) is 12.8 Å². The van der Waals surface area contributed by atoms with Gasteiger partial charge >= 0.3 is 0 Å². The molecule has 0 aliphatic carbocycles. The van der Waals surface area contributed by atoms with E-state index in [9.17, 15) is 0 Å². The molecule has 3 rings (SSSR count). The summed E-state index contributed by atoms with van der Waals surface area (Å²) in [6.45, 7) is 0.826. The van der Waals surface area contributed by atoms with Crippen molar-refractivity contribution in [2.75, 3.05) is 12.3 Å². The summed E-state index contributed by atoms with van der Waals surface area (Å²) in [5.74, 6) is 1.46. The van der Waals surface area contributed by atoms with Crippen molar-refractivity contribution in [3.63, 3.8) is 0 Å². The molecule has 1 fully saturated rings. The molecule has 0 bridgehead atoms. The van der Waals surface area contributed by atoms with E-state index in [1.807, 2.05) is 0 Å². The second-order valence-corrected chi connectivity index (χ2v) is 4.06. The predicted molar refractivity (Wildman–Crippen MR) is 59.0 cm³/mol. The van der Waals surface area contributed by atoms with E-state index in [1.54, 1.807) is 6.07 Å². The van der Waals surface area contributed by atoms with Crippen LogP contribution in [-0.4, -0.2) is 33.0 Å². The van der Waals surface area contributed by atoms with Gasteiger partial charge < -0.3 is 15.0 Å². The van der Waals surface area contributed by atoms with Gasteiger partial charge in [-0.2, -0.15) is 10.1 Å². The number of rotatable bonds is 3. The Kier molecular flexibility index (Phi) is 2.52. The van der Waals surface area contributed by atoms with Crippen LogP contribution >= 0.6 is 0 Å². The predicted octanol–water partition coefficient (Wildman–Crippen LogP) is 0.763. The quantitative estimate of drug-likeness (QED) is 0.814. The van der Waals surface area contributed by atoms with Gasteiger partial charge in [-0.15, -0.1) is 0 Å². The van der Waals surface area contributed by atoms with E-state index >= 15 is 0 Å². The molecule has 0 aromatic carbocycles. The zero-order chi connectivity index (χ0) is 11.7. The lowest BCUT2D eigenvalue weighted by Crippen LogP contribution is -2.09. The van der Waals surface area contributed by atoms with Crippen LogP contribution in [0, 0.1) is 0 Å². The standard InChI is InChI=1S/C10H13N5O2/c11-8-5-7(13-14-8)10-12-9(15-17-10)4-6-2-1-3-16-6/h5-6H,1-4H2,(H3,11,13,14). The first-order chi connectivity index (χ1) is 8.31. The Balaban J connectivity index is 1.73. The second-order valence-electron chi connectivity index (χ2n) is 4.06. The first-order valence-corrected chi connectivity index (χ1v) is 5.57. The first kappa shape index (κ1) is 10.3. The fraction of sp³-hybridized carbons (Fsp3) is 0.500. The van der Waals surface area contributed by atoms with Crippen LogP contribution < -0.4 is 5.73 Å². The van der Waals surface area contributed by atoms with Gasteiger partial charge in [-0.3, -0.25) is 5.10 Å². The normalized spacial score (nSPS) is 19.9. The SMILES string of the molecule is Nc1cc(-c2nc(CC3CCCO3)no2)[nH]n1. The van der Waals surface area contributed by atoms with Crippen LogP contribution in [0.2, 0.25) is 0 Å². The third-order valence-corrected chi connectivity index (χ3v) is 2.73. The highest BCUT2D eigenvalue weighted by molar-refractivity contribution is 5.51. The molecule has 7 heteroatoms. The Labute approximate surface area is 97.3 Å². The van der Waals surface area contributed by atoms with Crippen LogP contribution in [-0.2, 0) is 11.2 Å². The van der Waals surface area contributed by atoms with Crippen molar-refractivity contribution in [1.29, 1.82) is 0 Å². The maximum absolute atomic E-state index is 5.51. The van der Waals surface area contributed by atoms with E-state index in [0.717, 1.165) is 19.4 Å². The number of hydrogen-bond acceptors (Lipinski definition) is 6. The molecular formula is C10H13N5O2. The number of aromatic nitrogens is 4. The summed E-state index contributed by atoms with van der Waals surface area (Å²) < 4.78 is 10.6. The van der Waals surface area contributed by atoms with Crippen LogP contribution in [0.25, 0.3) is 11.6 Å². The topological polar surface area (TPSA) is 103 Å². The van der Waals surface area contributed by atoms with Crippen LogP contribution in [0.15, 0.2) is 10.6 Å². The lowest BCUT2D eigenvalue weighted by atomic mass is 10.2. The molecule has 1 aliphatic heterocycles. The van der Waals surface area contributed by atoms with E-state index in [1.165, 1.54) is 0 Å². The minimum absolute atomic E-state index is 0.215. The van der Waals surface area contributed by atoms with Gasteiger partial charge in [0, 0.05) is 19.1 Å². The number of hydrogen-bond donors (Lipinski definition) is 2. The number of nitrogens with zero attached hydrogens (tertiary/aromatic N) is 3. The average molecular weight is 235 g/mol. The van der Waals surface area contributed by atoms with Crippen molar-refractivity contribution in [3.05, 3.63) is 11.9 Å². The van der Waals surface area contributed by atoms with E-state index in [-0.39, 0.29) is 6.10 Å². The Morgan fingerprint density at radius 2 is 2.47 bits per heavy atom. The molecule has 2 aromatic heterocycles. The zero-order valence-corrected chi connectivity index (χ0v) is 9.22. The van der Waals surface area contributed by atoms with Gasteiger partial charge in [0.2, 0.25) is 0 Å². The van der Waals surface area contributed by atoms with Gasteiger partial charge in [0.05, 0.1) is 6.10 Å². The van der Waals surface area contributed by atoms with Crippen LogP contribution in [0.4, 0.5) is 5.82 Å². The molecule has 1 unspecified atom stereocenters. The molecule has 3 N–H and O–H groups in total. The van der Waals surface area contributed by atoms with Crippen molar-refractivity contribution in [2.24, 2.45) is 0 Å². The van der Waals surface area contributed by atoms with E-state index in [4.69, 9.17) is 15.0 Å². The maximum Gasteiger partial charge on any atom is 0.276 e. The molecule has 3 heterocycles. The molecule has 0 saturated carbocycles. The number of nitrogens with one attached hydrogen (secondary N) is 1. The van der Waals surface area contributed by atoms with Crippen molar-refractivity contribution in [2.45, 2.75) is 25.4 Å². The highest BCUT2D eigenvalue weighted by Crippen LogP contribution is 2.19. The second kappa shape index (κ2) is 4.17. The fourth-order valence-corrected chi connectivity index (χ4v) is 1.90. The maximum atomic E-state index is 5.51. The molecule has 0 spiro atoms. The Hall–Kier alpha value is -1.89. The van der Waals surface area contributed by atoms with Crippen LogP contribution in [0.3, 0.4) is 0 Å². The first-order valence-electron chi connectivity index (χ1n) is 5.57. The summed E-state index contributed by atoms with van der Waals surface area (Å²) in [6.07, 6.45) is 3.06. The summed E-state index contributed by atoms with van der Waals surface area (Å²) in [4.78, 5) is 4.27. The molecule has 17 heavy (non-hydrogen) atoms.